The van der Waals surface area contributed by atoms with Crippen molar-refractivity contribution in [1.29, 1.82) is 5.26 Å². The Morgan fingerprint density at radius 3 is 2.29 bits per heavy atom. The Morgan fingerprint density at radius 2 is 1.64 bits per heavy atom. The van der Waals surface area contributed by atoms with Crippen molar-refractivity contribution in [2.75, 3.05) is 64.8 Å². The summed E-state index contributed by atoms with van der Waals surface area (Å²) in [5.41, 5.74) is 6.80. The van der Waals surface area contributed by atoms with Crippen LogP contribution in [0.15, 0.2) is 53.8 Å². The van der Waals surface area contributed by atoms with E-state index in [1.807, 2.05) is 12.1 Å². The van der Waals surface area contributed by atoms with Crippen LogP contribution in [0.3, 0.4) is 0 Å². The first-order chi connectivity index (χ1) is 20.1. The predicted octanol–water partition coefficient (Wildman–Crippen LogP) is 0.198. The third-order valence-corrected chi connectivity index (χ3v) is 5.91. The van der Waals surface area contributed by atoms with E-state index in [1.165, 1.54) is 0 Å². The molecule has 12 nitrogen and oxygen atoms in total. The highest BCUT2D eigenvalue weighted by atomic mass is 127. The van der Waals surface area contributed by atoms with Crippen molar-refractivity contribution in [1.82, 2.24) is 0 Å². The Labute approximate surface area is 269 Å². The lowest BCUT2D eigenvalue weighted by molar-refractivity contribution is -0.799. The van der Waals surface area contributed by atoms with E-state index in [4.69, 9.17) is 51.0 Å². The van der Waals surface area contributed by atoms with Crippen LogP contribution in [0.1, 0.15) is 32.1 Å². The van der Waals surface area contributed by atoms with Crippen LogP contribution >= 0.6 is 11.6 Å². The van der Waals surface area contributed by atoms with E-state index < -0.39 is 6.41 Å². The van der Waals surface area contributed by atoms with Gasteiger partial charge in [0.1, 0.15) is 5.75 Å². The Hall–Kier alpha value is -2.74. The van der Waals surface area contributed by atoms with E-state index in [1.54, 1.807) is 59.4 Å². The summed E-state index contributed by atoms with van der Waals surface area (Å²) in [5, 5.41) is 9.69. The first kappa shape index (κ1) is 37.3. The Balaban J connectivity index is 0.00000882. The second-order valence-corrected chi connectivity index (χ2v) is 9.01. The van der Waals surface area contributed by atoms with E-state index in [-0.39, 0.29) is 36.5 Å². The largest absolute Gasteiger partial charge is 1.00 e. The normalized spacial score (nSPS) is 11.7. The van der Waals surface area contributed by atoms with Crippen LogP contribution in [0.5, 0.6) is 5.75 Å². The smallest absolute Gasteiger partial charge is 0.426 e. The van der Waals surface area contributed by atoms with Crippen LogP contribution < -0.4 is 43.9 Å². The van der Waals surface area contributed by atoms with Gasteiger partial charge in [-0.1, -0.05) is 24.4 Å². The SMILES string of the molecule is COCCOCCOCCOC(OC=O)[n+]1ccc(N(CCCCCCOc2ccc(Cl)cc2)C(N)=NC#N)cc1.[I-]. The monoisotopic (exact) mass is 719 g/mol. The molecule has 0 aliphatic heterocycles. The first-order valence-corrected chi connectivity index (χ1v) is 13.7. The zero-order chi connectivity index (χ0) is 29.5. The Bertz CT molecular complexity index is 1060. The van der Waals surface area contributed by atoms with Gasteiger partial charge in [-0.15, -0.1) is 9.56 Å². The summed E-state index contributed by atoms with van der Waals surface area (Å²) in [7, 11) is 1.61. The number of methoxy groups -OCH3 is 1. The average Bonchev–Trinajstić information content (AvgIpc) is 2.98. The number of pyridine rings is 1. The van der Waals surface area contributed by atoms with Gasteiger partial charge in [0.2, 0.25) is 12.2 Å². The molecule has 1 aromatic carbocycles. The summed E-state index contributed by atoms with van der Waals surface area (Å²) in [4.78, 5) is 16.5. The van der Waals surface area contributed by atoms with E-state index >= 15 is 0 Å². The maximum Gasteiger partial charge on any atom is 0.426 e. The molecular weight excluding hydrogens is 681 g/mol. The van der Waals surface area contributed by atoms with Gasteiger partial charge in [-0.3, -0.25) is 9.53 Å². The number of carbonyl (C=O) groups excluding carboxylic acids is 1. The Kier molecular flexibility index (Phi) is 21.1. The van der Waals surface area contributed by atoms with Gasteiger partial charge in [-0.2, -0.15) is 5.26 Å². The molecule has 2 rings (SSSR count). The van der Waals surface area contributed by atoms with Gasteiger partial charge in [-0.05, 0) is 37.1 Å². The lowest BCUT2D eigenvalue weighted by Gasteiger charge is -2.22. The van der Waals surface area contributed by atoms with Crippen molar-refractivity contribution in [3.63, 3.8) is 0 Å². The third kappa shape index (κ3) is 15.5. The number of aliphatic imine (C=N–C) groups is 1. The van der Waals surface area contributed by atoms with Gasteiger partial charge in [0.25, 0.3) is 6.47 Å². The average molecular weight is 720 g/mol. The molecule has 2 N–H and O–H groups in total. The molecule has 0 spiro atoms. The number of nitrogens with zero attached hydrogens (tertiary/aromatic N) is 4. The van der Waals surface area contributed by atoms with Gasteiger partial charge < -0.3 is 58.3 Å². The highest BCUT2D eigenvalue weighted by molar-refractivity contribution is 6.30. The summed E-state index contributed by atoms with van der Waals surface area (Å²) >= 11 is 5.89. The summed E-state index contributed by atoms with van der Waals surface area (Å²) in [6, 6.07) is 10.8. The van der Waals surface area contributed by atoms with Crippen LogP contribution in [0.25, 0.3) is 0 Å². The molecule has 1 aromatic heterocycles. The van der Waals surface area contributed by atoms with Crippen molar-refractivity contribution < 1.29 is 61.8 Å². The fraction of sp³-hybridized carbons (Fsp3) is 0.500. The van der Waals surface area contributed by atoms with Crippen LogP contribution in [0.2, 0.25) is 5.02 Å². The third-order valence-electron chi connectivity index (χ3n) is 5.65. The fourth-order valence-corrected chi connectivity index (χ4v) is 3.73. The lowest BCUT2D eigenvalue weighted by atomic mass is 10.2. The molecule has 0 bridgehead atoms. The Morgan fingerprint density at radius 1 is 1.00 bits per heavy atom. The molecule has 0 fully saturated rings. The van der Waals surface area contributed by atoms with E-state index in [0.29, 0.717) is 57.7 Å². The predicted molar refractivity (Wildman–Crippen MR) is 152 cm³/mol. The molecule has 2 aromatic rings. The minimum atomic E-state index is -0.975. The van der Waals surface area contributed by atoms with Crippen LogP contribution in [-0.2, 0) is 28.5 Å². The fourth-order valence-electron chi connectivity index (χ4n) is 3.60. The number of rotatable bonds is 22. The molecule has 14 heteroatoms. The van der Waals surface area contributed by atoms with Crippen LogP contribution in [-0.4, -0.2) is 72.3 Å². The van der Waals surface area contributed by atoms with Crippen molar-refractivity contribution in [2.45, 2.75) is 32.1 Å². The van der Waals surface area contributed by atoms with Crippen molar-refractivity contribution in [2.24, 2.45) is 10.7 Å². The minimum Gasteiger partial charge on any atom is -1.00 e. The molecule has 0 aliphatic rings. The van der Waals surface area contributed by atoms with Crippen molar-refractivity contribution in [3.8, 4) is 11.9 Å². The number of nitriles is 1. The number of guanidine groups is 1. The number of aromatic nitrogens is 1. The van der Waals surface area contributed by atoms with E-state index in [2.05, 4.69) is 4.99 Å². The van der Waals surface area contributed by atoms with Crippen molar-refractivity contribution >= 4 is 29.7 Å². The molecule has 0 radical (unpaired) electrons. The summed E-state index contributed by atoms with van der Waals surface area (Å²) in [6.45, 7) is 3.89. The number of unbranched alkanes of at least 4 members (excludes halogenated alkanes) is 3. The minimum absolute atomic E-state index is 0. The van der Waals surface area contributed by atoms with Crippen molar-refractivity contribution in [3.05, 3.63) is 53.8 Å². The number of anilines is 1. The maximum absolute atomic E-state index is 11.0. The summed E-state index contributed by atoms with van der Waals surface area (Å²) in [5.74, 6) is 0.887. The lowest BCUT2D eigenvalue weighted by Crippen LogP contribution is -3.00. The molecule has 1 atom stereocenters. The molecule has 42 heavy (non-hydrogen) atoms. The molecule has 0 saturated carbocycles. The van der Waals surface area contributed by atoms with Crippen LogP contribution in [0, 0.1) is 11.5 Å². The quantitative estimate of drug-likeness (QED) is 0.0262. The number of hydrogen-bond donors (Lipinski definition) is 1. The van der Waals surface area contributed by atoms with E-state index in [9.17, 15) is 4.79 Å². The number of hydrogen-bond acceptors (Lipinski definition) is 9. The molecule has 0 aliphatic carbocycles. The summed E-state index contributed by atoms with van der Waals surface area (Å²) in [6.07, 6.45) is 7.79. The van der Waals surface area contributed by atoms with Gasteiger partial charge >= 0.3 is 6.41 Å². The number of ether oxygens (including phenoxy) is 6. The highest BCUT2D eigenvalue weighted by Crippen LogP contribution is 2.17. The molecule has 232 valence electrons. The topological polar surface area (TPSA) is 142 Å². The van der Waals surface area contributed by atoms with Gasteiger partial charge in [-0.25, -0.2) is 0 Å². The zero-order valence-corrected chi connectivity index (χ0v) is 26.7. The van der Waals surface area contributed by atoms with E-state index in [0.717, 1.165) is 37.1 Å². The van der Waals surface area contributed by atoms with Crippen LogP contribution in [0.4, 0.5) is 5.69 Å². The molecule has 1 unspecified atom stereocenters. The molecule has 0 amide bonds. The standard InChI is InChI=1S/C28H39ClN5O7.HI/c1-36-16-17-37-18-19-38-20-21-40-28(41-23-35)33-13-10-25(11-14-33)34(27(31)32-22-30)12-4-2-3-5-15-39-26-8-6-24(29)7-9-26;/h6-11,13-14,23,28H,2-5,12,15-21H2,1H3,(H2,31,32);1H/q+1;/p-1. The number of benzene rings is 1. The number of halogens is 2. The number of carbonyl (C=O) groups is 1. The molecule has 1 heterocycles. The maximum atomic E-state index is 11.0. The van der Waals surface area contributed by atoms with Gasteiger partial charge in [0.15, 0.2) is 12.4 Å². The molecule has 0 saturated heterocycles. The van der Waals surface area contributed by atoms with Gasteiger partial charge in [0, 0.05) is 30.8 Å². The summed E-state index contributed by atoms with van der Waals surface area (Å²) < 4.78 is 33.7. The second kappa shape index (κ2) is 23.8. The second-order valence-electron chi connectivity index (χ2n) is 8.57. The number of nitrogens with two attached hydrogens (primary N) is 1. The first-order valence-electron chi connectivity index (χ1n) is 13.3. The highest BCUT2D eigenvalue weighted by Gasteiger charge is 2.21. The molecular formula is C28H39ClIN5O7. The zero-order valence-electron chi connectivity index (χ0n) is 23.7. The van der Waals surface area contributed by atoms with Gasteiger partial charge in [0.05, 0.1) is 51.9 Å².